The molecule has 1 N–H and O–H groups in total. The van der Waals surface area contributed by atoms with Crippen LogP contribution in [-0.2, 0) is 11.3 Å². The Morgan fingerprint density at radius 2 is 2.38 bits per heavy atom. The molecule has 0 bridgehead atoms. The third-order valence-corrected chi connectivity index (χ3v) is 5.57. The van der Waals surface area contributed by atoms with Crippen molar-refractivity contribution in [2.75, 3.05) is 32.8 Å². The fourth-order valence-corrected chi connectivity index (χ4v) is 4.00. The molecule has 4 heteroatoms. The van der Waals surface area contributed by atoms with Gasteiger partial charge in [-0.15, -0.1) is 11.3 Å². The summed E-state index contributed by atoms with van der Waals surface area (Å²) in [6.45, 7) is 8.62. The van der Waals surface area contributed by atoms with Crippen molar-refractivity contribution in [3.05, 3.63) is 22.4 Å². The molecule has 1 saturated carbocycles. The average Bonchev–Trinajstić information content (AvgIpc) is 3.21. The van der Waals surface area contributed by atoms with Crippen LogP contribution in [0.1, 0.15) is 37.5 Å². The van der Waals surface area contributed by atoms with Crippen LogP contribution in [0.2, 0.25) is 0 Å². The van der Waals surface area contributed by atoms with Crippen molar-refractivity contribution in [3.8, 4) is 0 Å². The van der Waals surface area contributed by atoms with E-state index in [9.17, 15) is 0 Å². The quantitative estimate of drug-likeness (QED) is 0.798. The summed E-state index contributed by atoms with van der Waals surface area (Å²) < 4.78 is 5.85. The Morgan fingerprint density at radius 3 is 3.00 bits per heavy atom. The largest absolute Gasteiger partial charge is 0.381 e. The van der Waals surface area contributed by atoms with Gasteiger partial charge in [0.2, 0.25) is 0 Å². The standard InChI is InChI=1S/C17H28N2OS/c1-2-19(11-16-5-3-10-21-16)13-17(8-4-9-20-14-17)12-18-15-6-7-15/h3,5,10,15,18H,2,4,6-9,11-14H2,1H3. The lowest BCUT2D eigenvalue weighted by atomic mass is 9.81. The molecule has 2 fully saturated rings. The maximum atomic E-state index is 5.85. The van der Waals surface area contributed by atoms with Crippen molar-refractivity contribution in [2.24, 2.45) is 5.41 Å². The second-order valence-electron chi connectivity index (χ2n) is 6.69. The first-order chi connectivity index (χ1) is 10.3. The smallest absolute Gasteiger partial charge is 0.0546 e. The molecule has 1 aliphatic carbocycles. The van der Waals surface area contributed by atoms with Gasteiger partial charge in [-0.2, -0.15) is 0 Å². The van der Waals surface area contributed by atoms with E-state index >= 15 is 0 Å². The summed E-state index contributed by atoms with van der Waals surface area (Å²) in [7, 11) is 0. The third kappa shape index (κ3) is 4.52. The van der Waals surface area contributed by atoms with Gasteiger partial charge in [-0.25, -0.2) is 0 Å². The molecule has 21 heavy (non-hydrogen) atoms. The maximum absolute atomic E-state index is 5.85. The van der Waals surface area contributed by atoms with Gasteiger partial charge in [0.25, 0.3) is 0 Å². The molecule has 0 spiro atoms. The summed E-state index contributed by atoms with van der Waals surface area (Å²) in [4.78, 5) is 4.06. The minimum atomic E-state index is 0.314. The topological polar surface area (TPSA) is 24.5 Å². The number of ether oxygens (including phenoxy) is 1. The molecule has 0 aromatic carbocycles. The van der Waals surface area contributed by atoms with Crippen molar-refractivity contribution in [1.82, 2.24) is 10.2 Å². The van der Waals surface area contributed by atoms with E-state index in [2.05, 4.69) is 34.7 Å². The van der Waals surface area contributed by atoms with Gasteiger partial charge in [-0.1, -0.05) is 13.0 Å². The highest BCUT2D eigenvalue weighted by Crippen LogP contribution is 2.31. The van der Waals surface area contributed by atoms with Crippen LogP contribution in [0.15, 0.2) is 17.5 Å². The maximum Gasteiger partial charge on any atom is 0.0546 e. The van der Waals surface area contributed by atoms with Gasteiger partial charge in [-0.05, 0) is 43.7 Å². The van der Waals surface area contributed by atoms with Gasteiger partial charge in [0.1, 0.15) is 0 Å². The van der Waals surface area contributed by atoms with Gasteiger partial charge in [0, 0.05) is 42.6 Å². The molecule has 2 heterocycles. The van der Waals surface area contributed by atoms with Crippen LogP contribution in [0.4, 0.5) is 0 Å². The van der Waals surface area contributed by atoms with Gasteiger partial charge < -0.3 is 10.1 Å². The van der Waals surface area contributed by atoms with Crippen LogP contribution >= 0.6 is 11.3 Å². The summed E-state index contributed by atoms with van der Waals surface area (Å²) in [6.07, 6.45) is 5.24. The molecule has 1 saturated heterocycles. The van der Waals surface area contributed by atoms with Crippen LogP contribution in [0.25, 0.3) is 0 Å². The Balaban J connectivity index is 1.60. The van der Waals surface area contributed by atoms with Crippen molar-refractivity contribution in [3.63, 3.8) is 0 Å². The lowest BCUT2D eigenvalue weighted by Crippen LogP contribution is -2.49. The highest BCUT2D eigenvalue weighted by molar-refractivity contribution is 7.09. The Hall–Kier alpha value is -0.420. The third-order valence-electron chi connectivity index (χ3n) is 4.71. The van der Waals surface area contributed by atoms with E-state index in [0.29, 0.717) is 5.41 Å². The minimum Gasteiger partial charge on any atom is -0.381 e. The molecule has 1 aliphatic heterocycles. The number of hydrogen-bond acceptors (Lipinski definition) is 4. The molecule has 1 aromatic heterocycles. The molecular formula is C17H28N2OS. The van der Waals surface area contributed by atoms with E-state index < -0.39 is 0 Å². The fraction of sp³-hybridized carbons (Fsp3) is 0.765. The minimum absolute atomic E-state index is 0.314. The second-order valence-corrected chi connectivity index (χ2v) is 7.73. The van der Waals surface area contributed by atoms with E-state index in [1.165, 1.54) is 30.6 Å². The van der Waals surface area contributed by atoms with E-state index in [-0.39, 0.29) is 0 Å². The lowest BCUT2D eigenvalue weighted by Gasteiger charge is -2.41. The Kier molecular flexibility index (Phi) is 5.33. The number of nitrogens with one attached hydrogen (secondary N) is 1. The Morgan fingerprint density at radius 1 is 1.48 bits per heavy atom. The zero-order valence-corrected chi connectivity index (χ0v) is 14.0. The molecule has 118 valence electrons. The van der Waals surface area contributed by atoms with Crippen LogP contribution in [-0.4, -0.2) is 43.8 Å². The number of thiophene rings is 1. The molecule has 0 amide bonds. The second kappa shape index (κ2) is 7.23. The average molecular weight is 308 g/mol. The lowest BCUT2D eigenvalue weighted by molar-refractivity contribution is -0.0268. The summed E-state index contributed by atoms with van der Waals surface area (Å²) >= 11 is 1.87. The molecule has 1 atom stereocenters. The van der Waals surface area contributed by atoms with Crippen molar-refractivity contribution in [1.29, 1.82) is 0 Å². The van der Waals surface area contributed by atoms with Crippen molar-refractivity contribution < 1.29 is 4.74 Å². The first kappa shape index (κ1) is 15.5. The predicted molar refractivity (Wildman–Crippen MR) is 88.8 cm³/mol. The molecule has 1 unspecified atom stereocenters. The van der Waals surface area contributed by atoms with Crippen molar-refractivity contribution in [2.45, 2.75) is 45.2 Å². The monoisotopic (exact) mass is 308 g/mol. The first-order valence-corrected chi connectivity index (χ1v) is 9.23. The highest BCUT2D eigenvalue weighted by atomic mass is 32.1. The number of hydrogen-bond donors (Lipinski definition) is 1. The van der Waals surface area contributed by atoms with E-state index in [1.807, 2.05) is 11.3 Å². The Labute approximate surface area is 132 Å². The van der Waals surface area contributed by atoms with Gasteiger partial charge >= 0.3 is 0 Å². The van der Waals surface area contributed by atoms with E-state index in [0.717, 1.165) is 45.4 Å². The predicted octanol–water partition coefficient (Wildman–Crippen LogP) is 3.12. The van der Waals surface area contributed by atoms with E-state index in [1.54, 1.807) is 0 Å². The van der Waals surface area contributed by atoms with E-state index in [4.69, 9.17) is 4.74 Å². The van der Waals surface area contributed by atoms with Crippen LogP contribution in [0, 0.1) is 5.41 Å². The summed E-state index contributed by atoms with van der Waals surface area (Å²) in [5.74, 6) is 0. The van der Waals surface area contributed by atoms with Gasteiger partial charge in [-0.3, -0.25) is 4.90 Å². The van der Waals surface area contributed by atoms with Gasteiger partial charge in [0.15, 0.2) is 0 Å². The SMILES string of the molecule is CCN(Cc1cccs1)CC1(CNC2CC2)CCCOC1. The zero-order chi connectivity index (χ0) is 14.5. The normalized spacial score (nSPS) is 26.4. The van der Waals surface area contributed by atoms with Crippen molar-refractivity contribution >= 4 is 11.3 Å². The summed E-state index contributed by atoms with van der Waals surface area (Å²) in [6, 6.07) is 5.19. The number of rotatable bonds is 8. The molecule has 3 rings (SSSR count). The summed E-state index contributed by atoms with van der Waals surface area (Å²) in [5, 5.41) is 5.93. The van der Waals surface area contributed by atoms with Gasteiger partial charge in [0.05, 0.1) is 6.61 Å². The van der Waals surface area contributed by atoms with Crippen LogP contribution in [0.5, 0.6) is 0 Å². The zero-order valence-electron chi connectivity index (χ0n) is 13.1. The number of nitrogens with zero attached hydrogens (tertiary/aromatic N) is 1. The highest BCUT2D eigenvalue weighted by Gasteiger charge is 2.36. The van der Waals surface area contributed by atoms with Crippen LogP contribution in [0.3, 0.4) is 0 Å². The first-order valence-electron chi connectivity index (χ1n) is 8.35. The molecular weight excluding hydrogens is 280 g/mol. The molecule has 0 radical (unpaired) electrons. The molecule has 1 aromatic rings. The molecule has 2 aliphatic rings. The Bertz CT molecular complexity index is 410. The fourth-order valence-electron chi connectivity index (χ4n) is 3.26. The molecule has 3 nitrogen and oxygen atoms in total. The van der Waals surface area contributed by atoms with Crippen LogP contribution < -0.4 is 5.32 Å². The summed E-state index contributed by atoms with van der Waals surface area (Å²) in [5.41, 5.74) is 0.314.